The summed E-state index contributed by atoms with van der Waals surface area (Å²) in [6, 6.07) is 6.58. The van der Waals surface area contributed by atoms with Gasteiger partial charge in [-0.25, -0.2) is 0 Å². The maximum Gasteiger partial charge on any atom is 0.161 e. The first-order chi connectivity index (χ1) is 8.70. The summed E-state index contributed by atoms with van der Waals surface area (Å²) in [5.74, 6) is 1.68. The largest absolute Gasteiger partial charge is 0.493 e. The minimum Gasteiger partial charge on any atom is -0.493 e. The highest BCUT2D eigenvalue weighted by molar-refractivity contribution is 5.42. The van der Waals surface area contributed by atoms with E-state index in [0.29, 0.717) is 6.04 Å². The van der Waals surface area contributed by atoms with E-state index in [4.69, 9.17) is 9.47 Å². The Morgan fingerprint density at radius 3 is 2.83 bits per heavy atom. The predicted molar refractivity (Wildman–Crippen MR) is 73.5 cm³/mol. The highest BCUT2D eigenvalue weighted by Crippen LogP contribution is 2.28. The van der Waals surface area contributed by atoms with Gasteiger partial charge in [-0.05, 0) is 51.1 Å². The third-order valence-electron chi connectivity index (χ3n) is 3.67. The summed E-state index contributed by atoms with van der Waals surface area (Å²) in [7, 11) is 3.87. The van der Waals surface area contributed by atoms with Gasteiger partial charge in [-0.15, -0.1) is 0 Å². The van der Waals surface area contributed by atoms with E-state index in [1.165, 1.54) is 31.4 Å². The predicted octanol–water partition coefficient (Wildman–Crippen LogP) is 2.87. The summed E-state index contributed by atoms with van der Waals surface area (Å²) < 4.78 is 11.3. The molecule has 0 aromatic heterocycles. The topological polar surface area (TPSA) is 21.7 Å². The van der Waals surface area contributed by atoms with Crippen LogP contribution in [0.3, 0.4) is 0 Å². The second-order valence-electron chi connectivity index (χ2n) is 5.10. The SMILES string of the molecule is COc1ccc(C)cc1OCC1CCCCN1C. The maximum atomic E-state index is 5.95. The Bertz CT molecular complexity index is 392. The van der Waals surface area contributed by atoms with Crippen molar-refractivity contribution < 1.29 is 9.47 Å². The molecule has 0 saturated carbocycles. The fraction of sp³-hybridized carbons (Fsp3) is 0.600. The molecule has 1 fully saturated rings. The van der Waals surface area contributed by atoms with Crippen molar-refractivity contribution in [2.75, 3.05) is 27.3 Å². The number of piperidine rings is 1. The molecule has 2 rings (SSSR count). The summed E-state index contributed by atoms with van der Waals surface area (Å²) >= 11 is 0. The molecule has 0 aliphatic carbocycles. The standard InChI is InChI=1S/C15H23NO2/c1-12-7-8-14(17-3)15(10-12)18-11-13-6-4-5-9-16(13)2/h7-8,10,13H,4-6,9,11H2,1-3H3. The number of likely N-dealkylation sites (tertiary alicyclic amines) is 1. The Morgan fingerprint density at radius 2 is 2.11 bits per heavy atom. The number of likely N-dealkylation sites (N-methyl/N-ethyl adjacent to an activating group) is 1. The van der Waals surface area contributed by atoms with Crippen molar-refractivity contribution in [3.8, 4) is 11.5 Å². The van der Waals surface area contributed by atoms with Crippen molar-refractivity contribution in [2.24, 2.45) is 0 Å². The normalized spacial score (nSPS) is 20.7. The minimum absolute atomic E-state index is 0.531. The Kier molecular flexibility index (Phi) is 4.48. The van der Waals surface area contributed by atoms with Crippen LogP contribution < -0.4 is 9.47 Å². The molecule has 1 atom stereocenters. The molecule has 0 bridgehead atoms. The van der Waals surface area contributed by atoms with Gasteiger partial charge in [0, 0.05) is 6.04 Å². The van der Waals surface area contributed by atoms with E-state index in [-0.39, 0.29) is 0 Å². The first-order valence-electron chi connectivity index (χ1n) is 6.68. The fourth-order valence-corrected chi connectivity index (χ4v) is 2.44. The van der Waals surface area contributed by atoms with Crippen molar-refractivity contribution in [1.82, 2.24) is 4.90 Å². The monoisotopic (exact) mass is 249 g/mol. The third-order valence-corrected chi connectivity index (χ3v) is 3.67. The number of methoxy groups -OCH3 is 1. The molecule has 1 aliphatic heterocycles. The van der Waals surface area contributed by atoms with E-state index in [1.54, 1.807) is 7.11 Å². The van der Waals surface area contributed by atoms with Crippen LogP contribution in [0.1, 0.15) is 24.8 Å². The zero-order chi connectivity index (χ0) is 13.0. The van der Waals surface area contributed by atoms with E-state index >= 15 is 0 Å². The Labute approximate surface area is 110 Å². The van der Waals surface area contributed by atoms with Gasteiger partial charge >= 0.3 is 0 Å². The average Bonchev–Trinajstić information content (AvgIpc) is 2.38. The number of hydrogen-bond donors (Lipinski definition) is 0. The molecule has 1 saturated heterocycles. The fourth-order valence-electron chi connectivity index (χ4n) is 2.44. The van der Waals surface area contributed by atoms with E-state index in [0.717, 1.165) is 18.1 Å². The zero-order valence-corrected chi connectivity index (χ0v) is 11.6. The van der Waals surface area contributed by atoms with Gasteiger partial charge in [0.25, 0.3) is 0 Å². The smallest absolute Gasteiger partial charge is 0.161 e. The number of rotatable bonds is 4. The van der Waals surface area contributed by atoms with Gasteiger partial charge in [0.1, 0.15) is 6.61 Å². The maximum absolute atomic E-state index is 5.95. The minimum atomic E-state index is 0.531. The molecule has 0 amide bonds. The van der Waals surface area contributed by atoms with Crippen molar-refractivity contribution in [3.63, 3.8) is 0 Å². The highest BCUT2D eigenvalue weighted by Gasteiger charge is 2.19. The molecule has 100 valence electrons. The van der Waals surface area contributed by atoms with Crippen LogP contribution in [0.5, 0.6) is 11.5 Å². The number of benzene rings is 1. The molecule has 1 aromatic carbocycles. The lowest BCUT2D eigenvalue weighted by Crippen LogP contribution is -2.40. The van der Waals surface area contributed by atoms with Crippen LogP contribution >= 0.6 is 0 Å². The molecule has 18 heavy (non-hydrogen) atoms. The molecule has 0 spiro atoms. The van der Waals surface area contributed by atoms with Crippen molar-refractivity contribution >= 4 is 0 Å². The van der Waals surface area contributed by atoms with E-state index in [1.807, 2.05) is 18.2 Å². The van der Waals surface area contributed by atoms with Gasteiger partial charge in [0.05, 0.1) is 7.11 Å². The summed E-state index contributed by atoms with van der Waals surface area (Å²) in [5, 5.41) is 0. The van der Waals surface area contributed by atoms with Crippen LogP contribution in [-0.2, 0) is 0 Å². The number of nitrogens with zero attached hydrogens (tertiary/aromatic N) is 1. The summed E-state index contributed by atoms with van der Waals surface area (Å²) in [6.07, 6.45) is 3.84. The van der Waals surface area contributed by atoms with Crippen molar-refractivity contribution in [1.29, 1.82) is 0 Å². The van der Waals surface area contributed by atoms with Gasteiger partial charge in [-0.2, -0.15) is 0 Å². The van der Waals surface area contributed by atoms with E-state index in [9.17, 15) is 0 Å². The van der Waals surface area contributed by atoms with Crippen LogP contribution in [0.4, 0.5) is 0 Å². The number of ether oxygens (including phenoxy) is 2. The number of aryl methyl sites for hydroxylation is 1. The quantitative estimate of drug-likeness (QED) is 0.819. The Morgan fingerprint density at radius 1 is 1.28 bits per heavy atom. The van der Waals surface area contributed by atoms with Crippen LogP contribution in [0, 0.1) is 6.92 Å². The van der Waals surface area contributed by atoms with E-state index < -0.39 is 0 Å². The number of hydrogen-bond acceptors (Lipinski definition) is 3. The van der Waals surface area contributed by atoms with Gasteiger partial charge in [0.2, 0.25) is 0 Å². The summed E-state index contributed by atoms with van der Waals surface area (Å²) in [5.41, 5.74) is 1.20. The second-order valence-corrected chi connectivity index (χ2v) is 5.10. The third kappa shape index (κ3) is 3.16. The molecule has 1 heterocycles. The Hall–Kier alpha value is -1.22. The van der Waals surface area contributed by atoms with Gasteiger partial charge in [-0.1, -0.05) is 12.5 Å². The van der Waals surface area contributed by atoms with Crippen molar-refractivity contribution in [3.05, 3.63) is 23.8 Å². The molecule has 1 unspecified atom stereocenters. The lowest BCUT2D eigenvalue weighted by molar-refractivity contribution is 0.123. The second kappa shape index (κ2) is 6.10. The van der Waals surface area contributed by atoms with Gasteiger partial charge in [0.15, 0.2) is 11.5 Å². The van der Waals surface area contributed by atoms with Crippen LogP contribution in [-0.4, -0.2) is 38.3 Å². The molecule has 3 heteroatoms. The van der Waals surface area contributed by atoms with Crippen LogP contribution in [0.25, 0.3) is 0 Å². The first kappa shape index (κ1) is 13.2. The van der Waals surface area contributed by atoms with E-state index in [2.05, 4.69) is 18.9 Å². The summed E-state index contributed by atoms with van der Waals surface area (Å²) in [6.45, 7) is 3.99. The molecular formula is C15H23NO2. The summed E-state index contributed by atoms with van der Waals surface area (Å²) in [4.78, 5) is 2.39. The lowest BCUT2D eigenvalue weighted by atomic mass is 10.0. The molecule has 3 nitrogen and oxygen atoms in total. The van der Waals surface area contributed by atoms with Crippen LogP contribution in [0.15, 0.2) is 18.2 Å². The first-order valence-corrected chi connectivity index (χ1v) is 6.68. The molecular weight excluding hydrogens is 226 g/mol. The molecule has 1 aliphatic rings. The Balaban J connectivity index is 1.98. The zero-order valence-electron chi connectivity index (χ0n) is 11.6. The van der Waals surface area contributed by atoms with Gasteiger partial charge in [-0.3, -0.25) is 0 Å². The molecule has 1 aromatic rings. The molecule has 0 radical (unpaired) electrons. The average molecular weight is 249 g/mol. The van der Waals surface area contributed by atoms with Crippen molar-refractivity contribution in [2.45, 2.75) is 32.2 Å². The lowest BCUT2D eigenvalue weighted by Gasteiger charge is -2.32. The highest BCUT2D eigenvalue weighted by atomic mass is 16.5. The molecule has 0 N–H and O–H groups in total. The van der Waals surface area contributed by atoms with Crippen LogP contribution in [0.2, 0.25) is 0 Å². The van der Waals surface area contributed by atoms with Gasteiger partial charge < -0.3 is 14.4 Å².